The van der Waals surface area contributed by atoms with E-state index in [1.807, 2.05) is 25.1 Å². The fourth-order valence-electron chi connectivity index (χ4n) is 2.37. The van der Waals surface area contributed by atoms with Crippen LogP contribution in [0.4, 0.5) is 19.0 Å². The van der Waals surface area contributed by atoms with Gasteiger partial charge in [-0.1, -0.05) is 23.8 Å². The summed E-state index contributed by atoms with van der Waals surface area (Å²) < 4.78 is 41.1. The summed E-state index contributed by atoms with van der Waals surface area (Å²) in [4.78, 5) is 8.50. The van der Waals surface area contributed by atoms with Crippen LogP contribution in [0.2, 0.25) is 0 Å². The molecule has 7 heteroatoms. The monoisotopic (exact) mass is 347 g/mol. The quantitative estimate of drug-likeness (QED) is 0.739. The number of hydrogen-bond donors (Lipinski definition) is 1. The summed E-state index contributed by atoms with van der Waals surface area (Å²) in [5.74, 6) is 0.898. The van der Waals surface area contributed by atoms with Crippen molar-refractivity contribution in [2.24, 2.45) is 0 Å². The van der Waals surface area contributed by atoms with Crippen molar-refractivity contribution in [2.75, 3.05) is 11.9 Å². The smallest absolute Gasteiger partial charge is 0.422 e. The van der Waals surface area contributed by atoms with Gasteiger partial charge in [0, 0.05) is 11.9 Å². The minimum atomic E-state index is -4.34. The molecular formula is C18H16F3N3O. The average molecular weight is 347 g/mol. The predicted octanol–water partition coefficient (Wildman–Crippen LogP) is 4.49. The molecule has 0 aliphatic heterocycles. The van der Waals surface area contributed by atoms with E-state index in [-0.39, 0.29) is 5.75 Å². The number of rotatable bonds is 5. The first-order chi connectivity index (χ1) is 11.9. The van der Waals surface area contributed by atoms with Gasteiger partial charge in [-0.2, -0.15) is 13.2 Å². The van der Waals surface area contributed by atoms with Gasteiger partial charge in [-0.05, 0) is 36.8 Å². The average Bonchev–Trinajstić information content (AvgIpc) is 2.58. The maximum absolute atomic E-state index is 12.1. The Hall–Kier alpha value is -2.83. The van der Waals surface area contributed by atoms with Crippen LogP contribution in [0.5, 0.6) is 5.75 Å². The van der Waals surface area contributed by atoms with E-state index in [9.17, 15) is 13.2 Å². The van der Waals surface area contributed by atoms with E-state index >= 15 is 0 Å². The Bertz CT molecular complexity index is 864. The van der Waals surface area contributed by atoms with E-state index in [1.54, 1.807) is 12.1 Å². The van der Waals surface area contributed by atoms with Crippen LogP contribution < -0.4 is 10.1 Å². The Morgan fingerprint density at radius 2 is 1.80 bits per heavy atom. The van der Waals surface area contributed by atoms with Crippen molar-refractivity contribution in [1.29, 1.82) is 0 Å². The van der Waals surface area contributed by atoms with Crippen molar-refractivity contribution in [3.63, 3.8) is 0 Å². The number of aryl methyl sites for hydroxylation is 1. The molecule has 1 N–H and O–H groups in total. The van der Waals surface area contributed by atoms with E-state index in [4.69, 9.17) is 4.74 Å². The minimum Gasteiger partial charge on any atom is -0.484 e. The van der Waals surface area contributed by atoms with Crippen LogP contribution in [0.3, 0.4) is 0 Å². The molecule has 2 aromatic carbocycles. The maximum Gasteiger partial charge on any atom is 0.422 e. The number of aromatic nitrogens is 2. The highest BCUT2D eigenvalue weighted by atomic mass is 19.4. The van der Waals surface area contributed by atoms with Crippen LogP contribution in [-0.2, 0) is 6.54 Å². The van der Waals surface area contributed by atoms with Gasteiger partial charge >= 0.3 is 6.18 Å². The SMILES string of the molecule is Cc1ccc2ncnc(NCc3ccc(OCC(F)(F)F)cc3)c2c1. The van der Waals surface area contributed by atoms with Crippen molar-refractivity contribution in [1.82, 2.24) is 9.97 Å². The molecule has 4 nitrogen and oxygen atoms in total. The second-order valence-corrected chi connectivity index (χ2v) is 5.64. The van der Waals surface area contributed by atoms with E-state index < -0.39 is 12.8 Å². The van der Waals surface area contributed by atoms with Gasteiger partial charge in [-0.3, -0.25) is 0 Å². The van der Waals surface area contributed by atoms with Crippen LogP contribution in [0, 0.1) is 6.92 Å². The van der Waals surface area contributed by atoms with Crippen LogP contribution in [0.15, 0.2) is 48.8 Å². The molecule has 3 aromatic rings. The number of alkyl halides is 3. The third kappa shape index (κ3) is 4.59. The molecule has 0 unspecified atom stereocenters. The van der Waals surface area contributed by atoms with Crippen molar-refractivity contribution >= 4 is 16.7 Å². The molecule has 0 spiro atoms. The molecule has 0 aliphatic rings. The molecule has 130 valence electrons. The molecule has 1 heterocycles. The number of nitrogens with one attached hydrogen (secondary N) is 1. The molecule has 0 saturated carbocycles. The van der Waals surface area contributed by atoms with E-state index in [2.05, 4.69) is 15.3 Å². The zero-order valence-corrected chi connectivity index (χ0v) is 13.5. The maximum atomic E-state index is 12.1. The second-order valence-electron chi connectivity index (χ2n) is 5.64. The molecule has 0 amide bonds. The first kappa shape index (κ1) is 17.0. The lowest BCUT2D eigenvalue weighted by atomic mass is 10.1. The molecule has 0 fully saturated rings. The van der Waals surface area contributed by atoms with Crippen LogP contribution >= 0.6 is 0 Å². The first-order valence-corrected chi connectivity index (χ1v) is 7.64. The molecule has 0 radical (unpaired) electrons. The third-order valence-electron chi connectivity index (χ3n) is 3.58. The summed E-state index contributed by atoms with van der Waals surface area (Å²) in [7, 11) is 0. The molecule has 1 aromatic heterocycles. The second kappa shape index (κ2) is 6.96. The van der Waals surface area contributed by atoms with Crippen LogP contribution in [0.25, 0.3) is 10.9 Å². The number of nitrogens with zero attached hydrogens (tertiary/aromatic N) is 2. The summed E-state index contributed by atoms with van der Waals surface area (Å²) in [6.45, 7) is 1.19. The van der Waals surface area contributed by atoms with Gasteiger partial charge in [0.15, 0.2) is 6.61 Å². The summed E-state index contributed by atoms with van der Waals surface area (Å²) >= 11 is 0. The number of halogens is 3. The van der Waals surface area contributed by atoms with Gasteiger partial charge in [0.25, 0.3) is 0 Å². The highest BCUT2D eigenvalue weighted by Gasteiger charge is 2.28. The van der Waals surface area contributed by atoms with Crippen LogP contribution in [0.1, 0.15) is 11.1 Å². The van der Waals surface area contributed by atoms with Gasteiger partial charge in [-0.25, -0.2) is 9.97 Å². The predicted molar refractivity (Wildman–Crippen MR) is 89.6 cm³/mol. The summed E-state index contributed by atoms with van der Waals surface area (Å²) in [6, 6.07) is 12.4. The van der Waals surface area contributed by atoms with E-state index in [1.165, 1.54) is 18.5 Å². The lowest BCUT2D eigenvalue weighted by molar-refractivity contribution is -0.153. The van der Waals surface area contributed by atoms with Crippen LogP contribution in [-0.4, -0.2) is 22.8 Å². The highest BCUT2D eigenvalue weighted by molar-refractivity contribution is 5.89. The van der Waals surface area contributed by atoms with Gasteiger partial charge in [0.2, 0.25) is 0 Å². The lowest BCUT2D eigenvalue weighted by Crippen LogP contribution is -2.19. The minimum absolute atomic E-state index is 0.184. The molecule has 3 rings (SSSR count). The lowest BCUT2D eigenvalue weighted by Gasteiger charge is -2.11. The van der Waals surface area contributed by atoms with Gasteiger partial charge in [0.1, 0.15) is 17.9 Å². The Morgan fingerprint density at radius 1 is 1.04 bits per heavy atom. The molecule has 0 saturated heterocycles. The number of anilines is 1. The number of fused-ring (bicyclic) bond motifs is 1. The van der Waals surface area contributed by atoms with Gasteiger partial charge in [0.05, 0.1) is 5.52 Å². The highest BCUT2D eigenvalue weighted by Crippen LogP contribution is 2.22. The van der Waals surface area contributed by atoms with Crippen molar-refractivity contribution in [2.45, 2.75) is 19.6 Å². The molecule has 25 heavy (non-hydrogen) atoms. The fraction of sp³-hybridized carbons (Fsp3) is 0.222. The summed E-state index contributed by atoms with van der Waals surface area (Å²) in [6.07, 6.45) is -2.85. The first-order valence-electron chi connectivity index (χ1n) is 7.64. The van der Waals surface area contributed by atoms with Crippen molar-refractivity contribution in [3.05, 3.63) is 59.9 Å². The van der Waals surface area contributed by atoms with E-state index in [0.29, 0.717) is 12.4 Å². The van der Waals surface area contributed by atoms with Crippen molar-refractivity contribution in [3.8, 4) is 5.75 Å². The van der Waals surface area contributed by atoms with Gasteiger partial charge in [-0.15, -0.1) is 0 Å². The topological polar surface area (TPSA) is 47.0 Å². The molecule has 0 bridgehead atoms. The number of ether oxygens (including phenoxy) is 1. The number of benzene rings is 2. The Labute approximate surface area is 142 Å². The standard InChI is InChI=1S/C18H16F3N3O/c1-12-2-7-16-15(8-12)17(24-11-23-16)22-9-13-3-5-14(6-4-13)25-10-18(19,20)21/h2-8,11H,9-10H2,1H3,(H,22,23,24). The molecular weight excluding hydrogens is 331 g/mol. The van der Waals surface area contributed by atoms with E-state index in [0.717, 1.165) is 22.0 Å². The Balaban J connectivity index is 1.67. The third-order valence-corrected chi connectivity index (χ3v) is 3.58. The summed E-state index contributed by atoms with van der Waals surface area (Å²) in [5, 5.41) is 4.16. The zero-order chi connectivity index (χ0) is 17.9. The van der Waals surface area contributed by atoms with Crippen molar-refractivity contribution < 1.29 is 17.9 Å². The largest absolute Gasteiger partial charge is 0.484 e. The number of hydrogen-bond acceptors (Lipinski definition) is 4. The fourth-order valence-corrected chi connectivity index (χ4v) is 2.37. The Morgan fingerprint density at radius 3 is 2.52 bits per heavy atom. The molecule has 0 aliphatic carbocycles. The normalized spacial score (nSPS) is 11.5. The molecule has 0 atom stereocenters. The zero-order valence-electron chi connectivity index (χ0n) is 13.5. The van der Waals surface area contributed by atoms with Gasteiger partial charge < -0.3 is 10.1 Å². The Kier molecular flexibility index (Phi) is 4.74. The summed E-state index contributed by atoms with van der Waals surface area (Å²) in [5.41, 5.74) is 2.86.